The van der Waals surface area contributed by atoms with Crippen LogP contribution in [-0.2, 0) is 16.1 Å². The van der Waals surface area contributed by atoms with E-state index in [1.807, 2.05) is 0 Å². The van der Waals surface area contributed by atoms with Crippen molar-refractivity contribution in [1.29, 1.82) is 0 Å². The summed E-state index contributed by atoms with van der Waals surface area (Å²) < 4.78 is 0. The van der Waals surface area contributed by atoms with E-state index in [-0.39, 0.29) is 5.56 Å². The second-order valence-corrected chi connectivity index (χ2v) is 3.06. The van der Waals surface area contributed by atoms with Gasteiger partial charge in [-0.3, -0.25) is 9.59 Å². The Labute approximate surface area is 86.1 Å². The van der Waals surface area contributed by atoms with Crippen LogP contribution in [-0.4, -0.2) is 22.2 Å². The van der Waals surface area contributed by atoms with Crippen molar-refractivity contribution in [1.82, 2.24) is 0 Å². The number of hydrogen-bond donors (Lipinski definition) is 3. The van der Waals surface area contributed by atoms with Gasteiger partial charge in [0.1, 0.15) is 0 Å². The maximum absolute atomic E-state index is 10.7. The Balaban J connectivity index is 3.02. The van der Waals surface area contributed by atoms with Gasteiger partial charge in [0.15, 0.2) is 5.92 Å². The lowest BCUT2D eigenvalue weighted by molar-refractivity contribution is -0.150. The van der Waals surface area contributed by atoms with E-state index in [2.05, 4.69) is 0 Å². The number of carboxylic acid groups (broad SMARTS) is 2. The van der Waals surface area contributed by atoms with Gasteiger partial charge in [-0.05, 0) is 11.1 Å². The average molecular weight is 209 g/mol. The van der Waals surface area contributed by atoms with E-state index in [9.17, 15) is 9.59 Å². The van der Waals surface area contributed by atoms with Crippen LogP contribution in [0.1, 0.15) is 17.0 Å². The molecular weight excluding hydrogens is 198 g/mol. The lowest BCUT2D eigenvalue weighted by Crippen LogP contribution is -2.21. The third kappa shape index (κ3) is 2.54. The van der Waals surface area contributed by atoms with E-state index < -0.39 is 17.9 Å². The third-order valence-electron chi connectivity index (χ3n) is 2.04. The normalized spacial score (nSPS) is 10.3. The van der Waals surface area contributed by atoms with E-state index in [1.54, 1.807) is 12.1 Å². The number of carboxylic acids is 2. The minimum atomic E-state index is -1.52. The molecule has 5 heteroatoms. The van der Waals surface area contributed by atoms with Crippen LogP contribution in [0.25, 0.3) is 0 Å². The highest BCUT2D eigenvalue weighted by Crippen LogP contribution is 2.17. The van der Waals surface area contributed by atoms with Gasteiger partial charge in [-0.2, -0.15) is 0 Å². The Hall–Kier alpha value is -1.88. The molecule has 0 amide bonds. The van der Waals surface area contributed by atoms with Crippen LogP contribution in [0.2, 0.25) is 0 Å². The number of nitrogens with two attached hydrogens (primary N) is 1. The van der Waals surface area contributed by atoms with Gasteiger partial charge in [-0.25, -0.2) is 0 Å². The molecule has 15 heavy (non-hydrogen) atoms. The van der Waals surface area contributed by atoms with E-state index in [0.29, 0.717) is 6.54 Å². The highest BCUT2D eigenvalue weighted by molar-refractivity contribution is 5.98. The first-order valence-electron chi connectivity index (χ1n) is 4.30. The Morgan fingerprint density at radius 3 is 1.93 bits per heavy atom. The Morgan fingerprint density at radius 2 is 1.60 bits per heavy atom. The largest absolute Gasteiger partial charge is 0.480 e. The van der Waals surface area contributed by atoms with Gasteiger partial charge >= 0.3 is 11.9 Å². The zero-order valence-electron chi connectivity index (χ0n) is 7.88. The molecule has 4 N–H and O–H groups in total. The van der Waals surface area contributed by atoms with Crippen molar-refractivity contribution in [2.75, 3.05) is 0 Å². The molecule has 1 rings (SSSR count). The van der Waals surface area contributed by atoms with Crippen molar-refractivity contribution in [3.63, 3.8) is 0 Å². The zero-order valence-corrected chi connectivity index (χ0v) is 7.88. The third-order valence-corrected chi connectivity index (χ3v) is 2.04. The molecule has 0 fully saturated rings. The molecule has 0 aliphatic rings. The Morgan fingerprint density at radius 1 is 1.13 bits per heavy atom. The summed E-state index contributed by atoms with van der Waals surface area (Å²) in [6.45, 7) is 0.338. The minimum Gasteiger partial charge on any atom is -0.480 e. The maximum atomic E-state index is 10.7. The van der Waals surface area contributed by atoms with Crippen LogP contribution < -0.4 is 5.73 Å². The van der Waals surface area contributed by atoms with Crippen molar-refractivity contribution in [2.24, 2.45) is 5.73 Å². The molecule has 0 heterocycles. The molecule has 0 spiro atoms. The van der Waals surface area contributed by atoms with E-state index in [0.717, 1.165) is 5.56 Å². The number of aliphatic carboxylic acids is 2. The lowest BCUT2D eigenvalue weighted by Gasteiger charge is -2.07. The molecule has 0 bridgehead atoms. The molecule has 1 aromatic rings. The Kier molecular flexibility index (Phi) is 3.41. The summed E-state index contributed by atoms with van der Waals surface area (Å²) in [6.07, 6.45) is 0. The fourth-order valence-corrected chi connectivity index (χ4v) is 1.24. The second-order valence-electron chi connectivity index (χ2n) is 3.06. The molecule has 0 unspecified atom stereocenters. The molecule has 1 aromatic carbocycles. The molecule has 0 atom stereocenters. The molecular formula is C10H11NO4. The van der Waals surface area contributed by atoms with Gasteiger partial charge < -0.3 is 15.9 Å². The zero-order chi connectivity index (χ0) is 11.4. The SMILES string of the molecule is NCc1ccc(C(C(=O)O)C(=O)O)cc1. The van der Waals surface area contributed by atoms with Crippen LogP contribution in [0.3, 0.4) is 0 Å². The molecule has 0 saturated carbocycles. The van der Waals surface area contributed by atoms with Crippen LogP contribution >= 0.6 is 0 Å². The van der Waals surface area contributed by atoms with Crippen molar-refractivity contribution < 1.29 is 19.8 Å². The lowest BCUT2D eigenvalue weighted by atomic mass is 9.98. The summed E-state index contributed by atoms with van der Waals surface area (Å²) in [7, 11) is 0. The fraction of sp³-hybridized carbons (Fsp3) is 0.200. The molecule has 0 aliphatic carbocycles. The Bertz CT molecular complexity index is 358. The predicted molar refractivity (Wildman–Crippen MR) is 52.3 cm³/mol. The van der Waals surface area contributed by atoms with Crippen LogP contribution in [0, 0.1) is 0 Å². The minimum absolute atomic E-state index is 0.243. The van der Waals surface area contributed by atoms with Crippen molar-refractivity contribution in [2.45, 2.75) is 12.5 Å². The highest BCUT2D eigenvalue weighted by Gasteiger charge is 2.27. The number of hydrogen-bond acceptors (Lipinski definition) is 3. The van der Waals surface area contributed by atoms with Crippen molar-refractivity contribution in [3.05, 3.63) is 35.4 Å². The number of benzene rings is 1. The quantitative estimate of drug-likeness (QED) is 0.623. The fourth-order valence-electron chi connectivity index (χ4n) is 1.24. The molecule has 80 valence electrons. The summed E-state index contributed by atoms with van der Waals surface area (Å²) in [4.78, 5) is 21.4. The smallest absolute Gasteiger partial charge is 0.322 e. The average Bonchev–Trinajstić information content (AvgIpc) is 2.18. The molecule has 0 radical (unpaired) electrons. The molecule has 0 saturated heterocycles. The summed E-state index contributed by atoms with van der Waals surface area (Å²) in [5.41, 5.74) is 6.43. The van der Waals surface area contributed by atoms with Crippen molar-refractivity contribution >= 4 is 11.9 Å². The molecule has 5 nitrogen and oxygen atoms in total. The highest BCUT2D eigenvalue weighted by atomic mass is 16.4. The topological polar surface area (TPSA) is 101 Å². The van der Waals surface area contributed by atoms with Crippen LogP contribution in [0.5, 0.6) is 0 Å². The summed E-state index contributed by atoms with van der Waals surface area (Å²) in [6, 6.07) is 6.17. The monoisotopic (exact) mass is 209 g/mol. The van der Waals surface area contributed by atoms with E-state index in [4.69, 9.17) is 15.9 Å². The van der Waals surface area contributed by atoms with Crippen LogP contribution in [0.4, 0.5) is 0 Å². The van der Waals surface area contributed by atoms with Gasteiger partial charge in [0.2, 0.25) is 0 Å². The molecule has 0 aliphatic heterocycles. The summed E-state index contributed by atoms with van der Waals surface area (Å²) >= 11 is 0. The maximum Gasteiger partial charge on any atom is 0.322 e. The molecule has 0 aromatic heterocycles. The second kappa shape index (κ2) is 4.56. The van der Waals surface area contributed by atoms with Gasteiger partial charge in [-0.15, -0.1) is 0 Å². The standard InChI is InChI=1S/C10H11NO4/c11-5-6-1-3-7(4-2-6)8(9(12)13)10(14)15/h1-4,8H,5,11H2,(H,12,13)(H,14,15). The first-order valence-corrected chi connectivity index (χ1v) is 4.30. The van der Waals surface area contributed by atoms with Gasteiger partial charge in [0, 0.05) is 6.54 Å². The number of carbonyl (C=O) groups is 2. The first-order chi connectivity index (χ1) is 7.06. The van der Waals surface area contributed by atoms with E-state index in [1.165, 1.54) is 12.1 Å². The van der Waals surface area contributed by atoms with Crippen molar-refractivity contribution in [3.8, 4) is 0 Å². The van der Waals surface area contributed by atoms with Gasteiger partial charge in [-0.1, -0.05) is 24.3 Å². The van der Waals surface area contributed by atoms with Crippen LogP contribution in [0.15, 0.2) is 24.3 Å². The van der Waals surface area contributed by atoms with Gasteiger partial charge in [0.25, 0.3) is 0 Å². The number of rotatable bonds is 4. The summed E-state index contributed by atoms with van der Waals surface area (Å²) in [5.74, 6) is -4.26. The summed E-state index contributed by atoms with van der Waals surface area (Å²) in [5, 5.41) is 17.4. The van der Waals surface area contributed by atoms with E-state index >= 15 is 0 Å². The van der Waals surface area contributed by atoms with Gasteiger partial charge in [0.05, 0.1) is 0 Å². The first kappa shape index (κ1) is 11.2. The predicted octanol–water partition coefficient (Wildman–Crippen LogP) is 0.398.